The van der Waals surface area contributed by atoms with Gasteiger partial charge in [0.15, 0.2) is 5.78 Å². The van der Waals surface area contributed by atoms with Crippen molar-refractivity contribution in [1.82, 2.24) is 4.90 Å². The third kappa shape index (κ3) is 5.01. The van der Waals surface area contributed by atoms with Crippen molar-refractivity contribution in [2.75, 3.05) is 20.2 Å². The fourth-order valence-corrected chi connectivity index (χ4v) is 5.99. The molecule has 1 aliphatic heterocycles. The second-order valence-corrected chi connectivity index (χ2v) is 10.1. The molecule has 1 aromatic heterocycles. The molecule has 35 heavy (non-hydrogen) atoms. The number of nitrogens with zero attached hydrogens (tertiary/aromatic N) is 1. The van der Waals surface area contributed by atoms with Gasteiger partial charge >= 0.3 is 0 Å². The van der Waals surface area contributed by atoms with Crippen molar-refractivity contribution in [2.24, 2.45) is 0 Å². The summed E-state index contributed by atoms with van der Waals surface area (Å²) in [4.78, 5) is 29.0. The first kappa shape index (κ1) is 23.3. The third-order valence-electron chi connectivity index (χ3n) is 6.69. The maximum Gasteiger partial charge on any atom is 0.222 e. The van der Waals surface area contributed by atoms with E-state index in [2.05, 4.69) is 0 Å². The maximum atomic E-state index is 13.8. The molecule has 1 saturated heterocycles. The first-order chi connectivity index (χ1) is 17.1. The summed E-state index contributed by atoms with van der Waals surface area (Å²) in [5, 5.41) is 0.948. The Kier molecular flexibility index (Phi) is 6.96. The Morgan fingerprint density at radius 3 is 2.40 bits per heavy atom. The van der Waals surface area contributed by atoms with Crippen LogP contribution in [0.1, 0.15) is 47.2 Å². The van der Waals surface area contributed by atoms with Crippen LogP contribution in [0.15, 0.2) is 72.8 Å². The van der Waals surface area contributed by atoms with Crippen molar-refractivity contribution < 1.29 is 14.3 Å². The second-order valence-electron chi connectivity index (χ2n) is 9.00. The summed E-state index contributed by atoms with van der Waals surface area (Å²) >= 11 is 1.62. The lowest BCUT2D eigenvalue weighted by Crippen LogP contribution is -2.27. The number of hydrogen-bond acceptors (Lipinski definition) is 4. The maximum absolute atomic E-state index is 13.8. The summed E-state index contributed by atoms with van der Waals surface area (Å²) in [6.45, 7) is 1.81. The standard InChI is InChI=1S/C30H29NO3S/c1-34-24-16-17-25-26(20-24)35-30(23-9-3-2-4-10-23)28(25)29(33)22-14-12-21(13-15-22)8-7-11-27(32)31-18-5-6-19-31/h2-4,9-10,12-17,20H,5-8,11,18-19H2,1H3. The van der Waals surface area contributed by atoms with Crippen LogP contribution in [0.4, 0.5) is 0 Å². The Bertz CT molecular complexity index is 1340. The monoisotopic (exact) mass is 483 g/mol. The first-order valence-electron chi connectivity index (χ1n) is 12.2. The quantitative estimate of drug-likeness (QED) is 0.260. The second kappa shape index (κ2) is 10.4. The highest BCUT2D eigenvalue weighted by Crippen LogP contribution is 2.41. The predicted octanol–water partition coefficient (Wildman–Crippen LogP) is 6.75. The Morgan fingerprint density at radius 1 is 0.943 bits per heavy atom. The number of ketones is 1. The molecule has 5 rings (SSSR count). The van der Waals surface area contributed by atoms with Gasteiger partial charge in [-0.05, 0) is 55.0 Å². The molecule has 0 N–H and O–H groups in total. The lowest BCUT2D eigenvalue weighted by atomic mass is 9.96. The van der Waals surface area contributed by atoms with Crippen LogP contribution in [0.25, 0.3) is 20.5 Å². The van der Waals surface area contributed by atoms with Gasteiger partial charge in [0.25, 0.3) is 0 Å². The van der Waals surface area contributed by atoms with E-state index in [4.69, 9.17) is 4.74 Å². The van der Waals surface area contributed by atoms with Crippen molar-refractivity contribution in [3.8, 4) is 16.2 Å². The largest absolute Gasteiger partial charge is 0.497 e. The zero-order chi connectivity index (χ0) is 24.2. The predicted molar refractivity (Wildman–Crippen MR) is 142 cm³/mol. The SMILES string of the molecule is COc1ccc2c(C(=O)c3ccc(CCCC(=O)N4CCCC4)cc3)c(-c3ccccc3)sc2c1. The minimum atomic E-state index is 0.0241. The van der Waals surface area contributed by atoms with Crippen LogP contribution in [0.2, 0.25) is 0 Å². The molecule has 0 saturated carbocycles. The normalized spacial score (nSPS) is 13.3. The first-order valence-corrected chi connectivity index (χ1v) is 13.0. The van der Waals surface area contributed by atoms with Crippen molar-refractivity contribution in [2.45, 2.75) is 32.1 Å². The number of thiophene rings is 1. The van der Waals surface area contributed by atoms with E-state index >= 15 is 0 Å². The molecule has 4 aromatic rings. The Balaban J connectivity index is 1.37. The van der Waals surface area contributed by atoms with Crippen LogP contribution in [-0.4, -0.2) is 36.8 Å². The fraction of sp³-hybridized carbons (Fsp3) is 0.267. The smallest absolute Gasteiger partial charge is 0.222 e. The van der Waals surface area contributed by atoms with Gasteiger partial charge in [-0.3, -0.25) is 9.59 Å². The molecule has 0 spiro atoms. The summed E-state index contributed by atoms with van der Waals surface area (Å²) in [6, 6.07) is 23.8. The molecule has 1 aliphatic rings. The molecule has 1 fully saturated rings. The minimum absolute atomic E-state index is 0.0241. The van der Waals surface area contributed by atoms with E-state index in [1.165, 1.54) is 0 Å². The minimum Gasteiger partial charge on any atom is -0.497 e. The number of amides is 1. The number of rotatable bonds is 8. The number of methoxy groups -OCH3 is 1. The van der Waals surface area contributed by atoms with Gasteiger partial charge in [-0.15, -0.1) is 11.3 Å². The van der Waals surface area contributed by atoms with Gasteiger partial charge in [-0.1, -0.05) is 54.6 Å². The van der Waals surface area contributed by atoms with E-state index < -0.39 is 0 Å². The highest BCUT2D eigenvalue weighted by atomic mass is 32.1. The summed E-state index contributed by atoms with van der Waals surface area (Å²) in [5.41, 5.74) is 3.60. The molecular formula is C30H29NO3S. The molecule has 0 unspecified atom stereocenters. The fourth-order valence-electron chi connectivity index (χ4n) is 4.76. The van der Waals surface area contributed by atoms with Gasteiger partial charge in [0.1, 0.15) is 5.75 Å². The number of carbonyl (C=O) groups excluding carboxylic acids is 2. The van der Waals surface area contributed by atoms with E-state index in [-0.39, 0.29) is 11.7 Å². The molecule has 0 atom stereocenters. The zero-order valence-corrected chi connectivity index (χ0v) is 20.8. The molecule has 0 bridgehead atoms. The Morgan fingerprint density at radius 2 is 1.69 bits per heavy atom. The average molecular weight is 484 g/mol. The third-order valence-corrected chi connectivity index (χ3v) is 7.89. The van der Waals surface area contributed by atoms with E-state index in [0.29, 0.717) is 12.0 Å². The van der Waals surface area contributed by atoms with Gasteiger partial charge in [-0.2, -0.15) is 0 Å². The van der Waals surface area contributed by atoms with E-state index in [1.54, 1.807) is 18.4 Å². The van der Waals surface area contributed by atoms with Crippen molar-refractivity contribution >= 4 is 33.1 Å². The van der Waals surface area contributed by atoms with Gasteiger partial charge < -0.3 is 9.64 Å². The number of likely N-dealkylation sites (tertiary alicyclic amines) is 1. The molecule has 5 heteroatoms. The van der Waals surface area contributed by atoms with Crippen molar-refractivity contribution in [3.05, 3.63) is 89.5 Å². The molecular weight excluding hydrogens is 454 g/mol. The van der Waals surface area contributed by atoms with Crippen molar-refractivity contribution in [1.29, 1.82) is 0 Å². The van der Waals surface area contributed by atoms with Gasteiger partial charge in [-0.25, -0.2) is 0 Å². The van der Waals surface area contributed by atoms with Crippen LogP contribution >= 0.6 is 11.3 Å². The highest BCUT2D eigenvalue weighted by molar-refractivity contribution is 7.22. The van der Waals surface area contributed by atoms with E-state index in [0.717, 1.165) is 76.2 Å². The molecule has 4 nitrogen and oxygen atoms in total. The summed E-state index contributed by atoms with van der Waals surface area (Å²) < 4.78 is 6.44. The molecule has 1 amide bonds. The van der Waals surface area contributed by atoms with Crippen LogP contribution in [0.5, 0.6) is 5.75 Å². The Labute approximate surface area is 210 Å². The molecule has 2 heterocycles. The number of fused-ring (bicyclic) bond motifs is 1. The summed E-state index contributed by atoms with van der Waals surface area (Å²) in [7, 11) is 1.66. The number of hydrogen-bond donors (Lipinski definition) is 0. The zero-order valence-electron chi connectivity index (χ0n) is 20.0. The van der Waals surface area contributed by atoms with Crippen LogP contribution in [0.3, 0.4) is 0 Å². The summed E-state index contributed by atoms with van der Waals surface area (Å²) in [6.07, 6.45) is 4.51. The van der Waals surface area contributed by atoms with E-state index in [9.17, 15) is 9.59 Å². The number of ether oxygens (including phenoxy) is 1. The van der Waals surface area contributed by atoms with E-state index in [1.807, 2.05) is 77.7 Å². The van der Waals surface area contributed by atoms with Crippen molar-refractivity contribution in [3.63, 3.8) is 0 Å². The highest BCUT2D eigenvalue weighted by Gasteiger charge is 2.22. The molecule has 3 aromatic carbocycles. The van der Waals surface area contributed by atoms with Gasteiger partial charge in [0, 0.05) is 45.6 Å². The summed E-state index contributed by atoms with van der Waals surface area (Å²) in [5.74, 6) is 1.07. The lowest BCUT2D eigenvalue weighted by Gasteiger charge is -2.14. The Hall–Kier alpha value is -3.44. The molecule has 0 radical (unpaired) electrons. The van der Waals surface area contributed by atoms with Gasteiger partial charge in [0.2, 0.25) is 5.91 Å². The van der Waals surface area contributed by atoms with Crippen LogP contribution in [-0.2, 0) is 11.2 Å². The number of aryl methyl sites for hydroxylation is 1. The lowest BCUT2D eigenvalue weighted by molar-refractivity contribution is -0.130. The van der Waals surface area contributed by atoms with Crippen LogP contribution < -0.4 is 4.74 Å². The van der Waals surface area contributed by atoms with Gasteiger partial charge in [0.05, 0.1) is 7.11 Å². The molecule has 0 aliphatic carbocycles. The topological polar surface area (TPSA) is 46.6 Å². The van der Waals surface area contributed by atoms with Crippen LogP contribution in [0, 0.1) is 0 Å². The number of carbonyl (C=O) groups is 2. The average Bonchev–Trinajstić information content (AvgIpc) is 3.57. The molecule has 178 valence electrons. The number of benzene rings is 3.